The monoisotopic (exact) mass is 281 g/mol. The summed E-state index contributed by atoms with van der Waals surface area (Å²) in [5.41, 5.74) is 13.3. The normalized spacial score (nSPS) is 16.9. The van der Waals surface area contributed by atoms with Crippen molar-refractivity contribution in [3.63, 3.8) is 0 Å². The van der Waals surface area contributed by atoms with Gasteiger partial charge in [-0.25, -0.2) is 0 Å². The highest BCUT2D eigenvalue weighted by atomic mass is 16.5. The molecule has 0 aromatic heterocycles. The SMILES string of the molecule is Cc1cc2c(c(C)c1N)C(c1ccc(C(C)C)cc1)CO2. The summed E-state index contributed by atoms with van der Waals surface area (Å²) in [6.07, 6.45) is 0. The minimum atomic E-state index is 0.295. The molecule has 3 rings (SSSR count). The molecule has 0 radical (unpaired) electrons. The van der Waals surface area contributed by atoms with Crippen LogP contribution in [0.15, 0.2) is 30.3 Å². The Hall–Kier alpha value is -1.96. The lowest BCUT2D eigenvalue weighted by atomic mass is 9.87. The van der Waals surface area contributed by atoms with E-state index < -0.39 is 0 Å². The second-order valence-corrected chi connectivity index (χ2v) is 6.33. The highest BCUT2D eigenvalue weighted by molar-refractivity contribution is 5.64. The van der Waals surface area contributed by atoms with E-state index in [1.165, 1.54) is 22.3 Å². The van der Waals surface area contributed by atoms with Crippen molar-refractivity contribution < 1.29 is 4.74 Å². The van der Waals surface area contributed by atoms with Crippen LogP contribution in [0.4, 0.5) is 5.69 Å². The predicted octanol–water partition coefficient (Wildman–Crippen LogP) is 4.53. The van der Waals surface area contributed by atoms with Gasteiger partial charge in [-0.05, 0) is 48.1 Å². The first kappa shape index (κ1) is 14.0. The molecule has 1 unspecified atom stereocenters. The number of fused-ring (bicyclic) bond motifs is 1. The van der Waals surface area contributed by atoms with Gasteiger partial charge in [-0.2, -0.15) is 0 Å². The summed E-state index contributed by atoms with van der Waals surface area (Å²) in [4.78, 5) is 0. The average Bonchev–Trinajstić information content (AvgIpc) is 2.88. The minimum Gasteiger partial charge on any atom is -0.492 e. The minimum absolute atomic E-state index is 0.295. The molecule has 110 valence electrons. The summed E-state index contributed by atoms with van der Waals surface area (Å²) in [7, 11) is 0. The number of hydrogen-bond acceptors (Lipinski definition) is 2. The molecule has 2 aromatic rings. The second kappa shape index (κ2) is 5.10. The molecule has 0 spiro atoms. The van der Waals surface area contributed by atoms with Crippen LogP contribution in [0.2, 0.25) is 0 Å². The van der Waals surface area contributed by atoms with Crippen LogP contribution in [0, 0.1) is 13.8 Å². The molecule has 0 bridgehead atoms. The number of hydrogen-bond donors (Lipinski definition) is 1. The molecule has 1 atom stereocenters. The van der Waals surface area contributed by atoms with E-state index in [9.17, 15) is 0 Å². The summed E-state index contributed by atoms with van der Waals surface area (Å²) in [5.74, 6) is 1.85. The van der Waals surface area contributed by atoms with Crippen molar-refractivity contribution in [3.8, 4) is 5.75 Å². The van der Waals surface area contributed by atoms with Gasteiger partial charge in [0.2, 0.25) is 0 Å². The smallest absolute Gasteiger partial charge is 0.123 e. The van der Waals surface area contributed by atoms with Gasteiger partial charge < -0.3 is 10.5 Å². The molecule has 1 heterocycles. The first-order valence-corrected chi connectivity index (χ1v) is 7.61. The van der Waals surface area contributed by atoms with Crippen LogP contribution in [0.3, 0.4) is 0 Å². The van der Waals surface area contributed by atoms with Crippen LogP contribution >= 0.6 is 0 Å². The summed E-state index contributed by atoms with van der Waals surface area (Å²) < 4.78 is 5.90. The molecule has 1 aliphatic rings. The first-order chi connectivity index (χ1) is 9.99. The molecule has 2 N–H and O–H groups in total. The van der Waals surface area contributed by atoms with E-state index in [1.807, 2.05) is 6.92 Å². The third-order valence-electron chi connectivity index (χ3n) is 4.61. The van der Waals surface area contributed by atoms with Gasteiger partial charge in [0, 0.05) is 17.2 Å². The van der Waals surface area contributed by atoms with Gasteiger partial charge in [0.15, 0.2) is 0 Å². The topological polar surface area (TPSA) is 35.2 Å². The zero-order valence-corrected chi connectivity index (χ0v) is 13.2. The van der Waals surface area contributed by atoms with Crippen molar-refractivity contribution in [1.29, 1.82) is 0 Å². The van der Waals surface area contributed by atoms with Crippen molar-refractivity contribution in [3.05, 3.63) is 58.1 Å². The number of anilines is 1. The average molecular weight is 281 g/mol. The van der Waals surface area contributed by atoms with Gasteiger partial charge in [0.1, 0.15) is 5.75 Å². The Labute approximate surface area is 126 Å². The Morgan fingerprint density at radius 3 is 2.43 bits per heavy atom. The van der Waals surface area contributed by atoms with Gasteiger partial charge in [-0.15, -0.1) is 0 Å². The van der Waals surface area contributed by atoms with Crippen LogP contribution < -0.4 is 10.5 Å². The van der Waals surface area contributed by atoms with E-state index in [-0.39, 0.29) is 0 Å². The molecule has 0 fully saturated rings. The van der Waals surface area contributed by atoms with Crippen LogP contribution in [-0.2, 0) is 0 Å². The molecule has 1 aliphatic heterocycles. The molecule has 2 nitrogen and oxygen atoms in total. The summed E-state index contributed by atoms with van der Waals surface area (Å²) in [5, 5.41) is 0. The number of ether oxygens (including phenoxy) is 1. The summed E-state index contributed by atoms with van der Waals surface area (Å²) in [6.45, 7) is 9.29. The Morgan fingerprint density at radius 1 is 1.14 bits per heavy atom. The fraction of sp³-hybridized carbons (Fsp3) is 0.368. The fourth-order valence-electron chi connectivity index (χ4n) is 3.16. The molecule has 2 heteroatoms. The van der Waals surface area contributed by atoms with Crippen LogP contribution in [0.25, 0.3) is 0 Å². The number of nitrogens with two attached hydrogens (primary N) is 1. The Morgan fingerprint density at radius 2 is 1.81 bits per heavy atom. The highest BCUT2D eigenvalue weighted by Gasteiger charge is 2.29. The molecule has 0 saturated carbocycles. The van der Waals surface area contributed by atoms with Crippen LogP contribution in [0.5, 0.6) is 5.75 Å². The van der Waals surface area contributed by atoms with Crippen molar-refractivity contribution in [2.24, 2.45) is 0 Å². The van der Waals surface area contributed by atoms with Crippen molar-refractivity contribution >= 4 is 5.69 Å². The summed E-state index contributed by atoms with van der Waals surface area (Å²) in [6, 6.07) is 11.0. The van der Waals surface area contributed by atoms with Gasteiger partial charge >= 0.3 is 0 Å². The number of benzene rings is 2. The second-order valence-electron chi connectivity index (χ2n) is 6.33. The Balaban J connectivity index is 2.03. The van der Waals surface area contributed by atoms with Gasteiger partial charge in [0.05, 0.1) is 6.61 Å². The van der Waals surface area contributed by atoms with E-state index in [2.05, 4.69) is 51.1 Å². The number of aryl methyl sites for hydroxylation is 1. The predicted molar refractivity (Wildman–Crippen MR) is 88.2 cm³/mol. The summed E-state index contributed by atoms with van der Waals surface area (Å²) >= 11 is 0. The zero-order valence-electron chi connectivity index (χ0n) is 13.2. The van der Waals surface area contributed by atoms with Crippen LogP contribution in [0.1, 0.15) is 53.5 Å². The fourth-order valence-corrected chi connectivity index (χ4v) is 3.16. The lowest BCUT2D eigenvalue weighted by Gasteiger charge is -2.15. The Bertz CT molecular complexity index is 671. The van der Waals surface area contributed by atoms with Gasteiger partial charge in [-0.3, -0.25) is 0 Å². The third kappa shape index (κ3) is 2.29. The van der Waals surface area contributed by atoms with E-state index in [1.54, 1.807) is 0 Å². The molecule has 0 amide bonds. The van der Waals surface area contributed by atoms with E-state index in [0.717, 1.165) is 17.0 Å². The molecular formula is C19H23NO. The van der Waals surface area contributed by atoms with Crippen molar-refractivity contribution in [2.45, 2.75) is 39.5 Å². The van der Waals surface area contributed by atoms with Crippen LogP contribution in [-0.4, -0.2) is 6.61 Å². The molecule has 2 aromatic carbocycles. The maximum absolute atomic E-state index is 6.20. The van der Waals surface area contributed by atoms with E-state index in [0.29, 0.717) is 18.4 Å². The van der Waals surface area contributed by atoms with Crippen molar-refractivity contribution in [2.75, 3.05) is 12.3 Å². The molecule has 0 saturated heterocycles. The van der Waals surface area contributed by atoms with Gasteiger partial charge in [-0.1, -0.05) is 38.1 Å². The van der Waals surface area contributed by atoms with Crippen molar-refractivity contribution in [1.82, 2.24) is 0 Å². The quantitative estimate of drug-likeness (QED) is 0.821. The highest BCUT2D eigenvalue weighted by Crippen LogP contribution is 2.43. The number of rotatable bonds is 2. The molecule has 0 aliphatic carbocycles. The Kier molecular flexibility index (Phi) is 3.40. The van der Waals surface area contributed by atoms with E-state index in [4.69, 9.17) is 10.5 Å². The third-order valence-corrected chi connectivity index (χ3v) is 4.61. The van der Waals surface area contributed by atoms with Gasteiger partial charge in [0.25, 0.3) is 0 Å². The lowest BCUT2D eigenvalue weighted by Crippen LogP contribution is -2.05. The maximum Gasteiger partial charge on any atom is 0.123 e. The standard InChI is InChI=1S/C19H23NO/c1-11(2)14-5-7-15(8-6-14)16-10-21-17-9-12(3)19(20)13(4)18(16)17/h5-9,11,16H,10,20H2,1-4H3. The largest absolute Gasteiger partial charge is 0.492 e. The zero-order chi connectivity index (χ0) is 15.1. The number of nitrogen functional groups attached to an aromatic ring is 1. The molecular weight excluding hydrogens is 258 g/mol. The molecule has 21 heavy (non-hydrogen) atoms. The lowest BCUT2D eigenvalue weighted by molar-refractivity contribution is 0.343. The maximum atomic E-state index is 6.20. The first-order valence-electron chi connectivity index (χ1n) is 7.61. The van der Waals surface area contributed by atoms with E-state index >= 15 is 0 Å².